The van der Waals surface area contributed by atoms with Crippen LogP contribution in [0.3, 0.4) is 0 Å². The van der Waals surface area contributed by atoms with Crippen LogP contribution in [0.4, 0.5) is 11.4 Å². The maximum Gasteiger partial charge on any atom is 0.255 e. The lowest BCUT2D eigenvalue weighted by molar-refractivity contribution is 0.101. The molecule has 3 aromatic rings. The molecule has 2 amide bonds. The van der Waals surface area contributed by atoms with E-state index in [-0.39, 0.29) is 11.8 Å². The van der Waals surface area contributed by atoms with E-state index in [0.717, 1.165) is 9.13 Å². The summed E-state index contributed by atoms with van der Waals surface area (Å²) >= 11 is 2.17. The number of aryl methyl sites for hydroxylation is 1. The number of carbonyl (C=O) groups excluding carboxylic acids is 2. The molecule has 0 spiro atoms. The van der Waals surface area contributed by atoms with Crippen molar-refractivity contribution in [3.8, 4) is 0 Å². The van der Waals surface area contributed by atoms with Crippen molar-refractivity contribution in [2.24, 2.45) is 0 Å². The highest BCUT2D eigenvalue weighted by atomic mass is 127. The number of hydrogen-bond acceptors (Lipinski definition) is 2. The highest BCUT2D eigenvalue weighted by Gasteiger charge is 2.10. The molecule has 0 atom stereocenters. The highest BCUT2D eigenvalue weighted by Crippen LogP contribution is 2.18. The maximum atomic E-state index is 12.4. The molecule has 0 fully saturated rings. The van der Waals surface area contributed by atoms with Crippen molar-refractivity contribution in [1.29, 1.82) is 0 Å². The molecular weight excluding hydrogens is 439 g/mol. The maximum absolute atomic E-state index is 12.4. The van der Waals surface area contributed by atoms with E-state index < -0.39 is 0 Å². The Labute approximate surface area is 165 Å². The molecule has 26 heavy (non-hydrogen) atoms. The lowest BCUT2D eigenvalue weighted by Crippen LogP contribution is -2.14. The van der Waals surface area contributed by atoms with Crippen LogP contribution in [-0.2, 0) is 0 Å². The number of nitrogens with one attached hydrogen (secondary N) is 2. The average molecular weight is 456 g/mol. The molecular formula is C21H17IN2O2. The monoisotopic (exact) mass is 456 g/mol. The third-order valence-corrected chi connectivity index (χ3v) is 4.53. The number of halogens is 1. The summed E-state index contributed by atoms with van der Waals surface area (Å²) in [4.78, 5) is 24.8. The molecule has 0 heterocycles. The second-order valence-electron chi connectivity index (χ2n) is 5.81. The van der Waals surface area contributed by atoms with Gasteiger partial charge in [-0.15, -0.1) is 0 Å². The minimum Gasteiger partial charge on any atom is -0.322 e. The number of amides is 2. The Bertz CT molecular complexity index is 969. The highest BCUT2D eigenvalue weighted by molar-refractivity contribution is 14.1. The normalized spacial score (nSPS) is 10.2. The Kier molecular flexibility index (Phi) is 5.68. The van der Waals surface area contributed by atoms with Crippen molar-refractivity contribution in [2.45, 2.75) is 6.92 Å². The summed E-state index contributed by atoms with van der Waals surface area (Å²) in [6, 6.07) is 21.9. The largest absolute Gasteiger partial charge is 0.322 e. The van der Waals surface area contributed by atoms with Crippen LogP contribution in [-0.4, -0.2) is 11.8 Å². The van der Waals surface area contributed by atoms with Gasteiger partial charge in [-0.1, -0.05) is 30.3 Å². The Balaban J connectivity index is 1.73. The van der Waals surface area contributed by atoms with Crippen molar-refractivity contribution < 1.29 is 9.59 Å². The predicted octanol–water partition coefficient (Wildman–Crippen LogP) is 5.10. The molecule has 0 saturated carbocycles. The number of benzene rings is 3. The zero-order chi connectivity index (χ0) is 18.5. The Morgan fingerprint density at radius 2 is 1.42 bits per heavy atom. The Morgan fingerprint density at radius 1 is 0.769 bits per heavy atom. The fraction of sp³-hybridized carbons (Fsp3) is 0.0476. The van der Waals surface area contributed by atoms with Crippen molar-refractivity contribution in [3.63, 3.8) is 0 Å². The van der Waals surface area contributed by atoms with E-state index in [1.54, 1.807) is 36.4 Å². The summed E-state index contributed by atoms with van der Waals surface area (Å²) in [5.74, 6) is -0.366. The summed E-state index contributed by atoms with van der Waals surface area (Å²) in [6.45, 7) is 1.90. The zero-order valence-corrected chi connectivity index (χ0v) is 16.3. The second kappa shape index (κ2) is 8.14. The predicted molar refractivity (Wildman–Crippen MR) is 113 cm³/mol. The van der Waals surface area contributed by atoms with Gasteiger partial charge >= 0.3 is 0 Å². The fourth-order valence-corrected chi connectivity index (χ4v) is 3.08. The summed E-state index contributed by atoms with van der Waals surface area (Å²) < 4.78 is 0.995. The van der Waals surface area contributed by atoms with Gasteiger partial charge in [0.1, 0.15) is 0 Å². The molecule has 0 aromatic heterocycles. The second-order valence-corrected chi connectivity index (χ2v) is 7.06. The first-order valence-electron chi connectivity index (χ1n) is 8.07. The van der Waals surface area contributed by atoms with Crippen LogP contribution < -0.4 is 10.6 Å². The van der Waals surface area contributed by atoms with Gasteiger partial charge in [-0.2, -0.15) is 0 Å². The lowest BCUT2D eigenvalue weighted by Gasteiger charge is -2.10. The smallest absolute Gasteiger partial charge is 0.255 e. The first-order valence-corrected chi connectivity index (χ1v) is 9.15. The standard InChI is InChI=1S/C21H17IN2O2/c1-14-6-2-3-11-19(14)21(26)24-18-10-5-9-17(13-18)23-20(25)15-7-4-8-16(22)12-15/h2-13H,1H3,(H,23,25)(H,24,26). The molecule has 0 bridgehead atoms. The molecule has 4 nitrogen and oxygen atoms in total. The van der Waals surface area contributed by atoms with E-state index in [0.29, 0.717) is 22.5 Å². The van der Waals surface area contributed by atoms with Crippen LogP contribution in [0.5, 0.6) is 0 Å². The number of anilines is 2. The quantitative estimate of drug-likeness (QED) is 0.537. The molecule has 0 aliphatic rings. The summed E-state index contributed by atoms with van der Waals surface area (Å²) in [5, 5.41) is 5.73. The van der Waals surface area contributed by atoms with Crippen molar-refractivity contribution in [2.75, 3.05) is 10.6 Å². The van der Waals surface area contributed by atoms with Gasteiger partial charge in [0, 0.05) is 26.1 Å². The Hall–Kier alpha value is -2.67. The molecule has 5 heteroatoms. The lowest BCUT2D eigenvalue weighted by atomic mass is 10.1. The van der Waals surface area contributed by atoms with E-state index >= 15 is 0 Å². The minimum atomic E-state index is -0.189. The fourth-order valence-electron chi connectivity index (χ4n) is 2.53. The van der Waals surface area contributed by atoms with E-state index in [4.69, 9.17) is 0 Å². The van der Waals surface area contributed by atoms with Crippen LogP contribution in [0, 0.1) is 10.5 Å². The summed E-state index contributed by atoms with van der Waals surface area (Å²) in [7, 11) is 0. The van der Waals surface area contributed by atoms with Crippen LogP contribution in [0.1, 0.15) is 26.3 Å². The third kappa shape index (κ3) is 4.49. The molecule has 0 unspecified atom stereocenters. The molecule has 130 valence electrons. The molecule has 0 saturated heterocycles. The molecule has 0 aliphatic carbocycles. The molecule has 3 aromatic carbocycles. The number of carbonyl (C=O) groups is 2. The van der Waals surface area contributed by atoms with Crippen molar-refractivity contribution in [1.82, 2.24) is 0 Å². The van der Waals surface area contributed by atoms with Crippen LogP contribution >= 0.6 is 22.6 Å². The topological polar surface area (TPSA) is 58.2 Å². The van der Waals surface area contributed by atoms with E-state index in [9.17, 15) is 9.59 Å². The van der Waals surface area contributed by atoms with Gasteiger partial charge in [0.2, 0.25) is 0 Å². The van der Waals surface area contributed by atoms with Crippen LogP contribution in [0.15, 0.2) is 72.8 Å². The van der Waals surface area contributed by atoms with Gasteiger partial charge in [-0.25, -0.2) is 0 Å². The van der Waals surface area contributed by atoms with E-state index in [1.807, 2.05) is 43.3 Å². The summed E-state index contributed by atoms with van der Waals surface area (Å²) in [5.41, 5.74) is 3.37. The molecule has 0 radical (unpaired) electrons. The van der Waals surface area contributed by atoms with Gasteiger partial charge in [0.05, 0.1) is 0 Å². The zero-order valence-electron chi connectivity index (χ0n) is 14.1. The third-order valence-electron chi connectivity index (χ3n) is 3.85. The number of rotatable bonds is 4. The average Bonchev–Trinajstić information content (AvgIpc) is 2.62. The van der Waals surface area contributed by atoms with Gasteiger partial charge in [0.25, 0.3) is 11.8 Å². The van der Waals surface area contributed by atoms with E-state index in [2.05, 4.69) is 33.2 Å². The van der Waals surface area contributed by atoms with Crippen molar-refractivity contribution >= 4 is 45.8 Å². The van der Waals surface area contributed by atoms with E-state index in [1.165, 1.54) is 0 Å². The van der Waals surface area contributed by atoms with Crippen LogP contribution in [0.2, 0.25) is 0 Å². The number of hydrogen-bond donors (Lipinski definition) is 2. The van der Waals surface area contributed by atoms with Crippen molar-refractivity contribution in [3.05, 3.63) is 93.1 Å². The van der Waals surface area contributed by atoms with Gasteiger partial charge in [0.15, 0.2) is 0 Å². The SMILES string of the molecule is Cc1ccccc1C(=O)Nc1cccc(NC(=O)c2cccc(I)c2)c1. The summed E-state index contributed by atoms with van der Waals surface area (Å²) in [6.07, 6.45) is 0. The van der Waals surface area contributed by atoms with Crippen LogP contribution in [0.25, 0.3) is 0 Å². The minimum absolute atomic E-state index is 0.177. The molecule has 0 aliphatic heterocycles. The first-order chi connectivity index (χ1) is 12.5. The van der Waals surface area contributed by atoms with Gasteiger partial charge < -0.3 is 10.6 Å². The first kappa shape index (κ1) is 18.1. The Morgan fingerprint density at radius 3 is 2.12 bits per heavy atom. The molecule has 2 N–H and O–H groups in total. The molecule has 3 rings (SSSR count). The van der Waals surface area contributed by atoms with Gasteiger partial charge in [-0.05, 0) is 77.5 Å². The van der Waals surface area contributed by atoms with Gasteiger partial charge in [-0.3, -0.25) is 9.59 Å².